The molecule has 1 rings (SSSR count). The molecule has 0 aromatic heterocycles. The third-order valence-electron chi connectivity index (χ3n) is 4.39. The Balaban J connectivity index is 2.33. The van der Waals surface area contributed by atoms with Gasteiger partial charge in [0.25, 0.3) is 0 Å². The van der Waals surface area contributed by atoms with E-state index >= 15 is 0 Å². The van der Waals surface area contributed by atoms with Gasteiger partial charge in [-0.25, -0.2) is 0 Å². The van der Waals surface area contributed by atoms with Gasteiger partial charge < -0.3 is 8.85 Å². The van der Waals surface area contributed by atoms with Gasteiger partial charge in [-0.15, -0.1) is 0 Å². The van der Waals surface area contributed by atoms with E-state index in [4.69, 9.17) is 8.85 Å². The van der Waals surface area contributed by atoms with E-state index in [1.54, 1.807) is 14.2 Å². The Morgan fingerprint density at radius 3 is 1.91 bits per heavy atom. The smallest absolute Gasteiger partial charge is 0.328 e. The molecule has 0 aliphatic heterocycles. The summed E-state index contributed by atoms with van der Waals surface area (Å²) >= 11 is 0. The van der Waals surface area contributed by atoms with Crippen molar-refractivity contribution in [3.63, 3.8) is 0 Å². The van der Waals surface area contributed by atoms with Gasteiger partial charge in [-0.2, -0.15) is 0 Å². The lowest BCUT2D eigenvalue weighted by atomic mass is 10.0. The lowest BCUT2D eigenvalue weighted by molar-refractivity contribution is 0.263. The Bertz CT molecular complexity index is 352. The number of hydrogen-bond donors (Lipinski definition) is 0. The highest BCUT2D eigenvalue weighted by Crippen LogP contribution is 2.26. The summed E-state index contributed by atoms with van der Waals surface area (Å²) in [6.07, 6.45) is 12.1. The molecular weight excluding hydrogens is 288 g/mol. The fraction of sp³-hybridized carbons (Fsp3) is 0.684. The van der Waals surface area contributed by atoms with Crippen LogP contribution in [0.4, 0.5) is 0 Å². The molecule has 0 saturated heterocycles. The maximum Gasteiger partial charge on any atom is 0.328 e. The lowest BCUT2D eigenvalue weighted by Crippen LogP contribution is -2.29. The first kappa shape index (κ1) is 19.4. The molecule has 0 bridgehead atoms. The molecule has 2 nitrogen and oxygen atoms in total. The molecule has 1 unspecified atom stereocenters. The quantitative estimate of drug-likeness (QED) is 0.360. The van der Waals surface area contributed by atoms with Crippen LogP contribution in [-0.4, -0.2) is 23.5 Å². The summed E-state index contributed by atoms with van der Waals surface area (Å²) in [6.45, 7) is 2.27. The number of rotatable bonds is 13. The number of unbranched alkanes of at least 4 members (excludes halogenated alkanes) is 7. The maximum atomic E-state index is 5.66. The molecule has 126 valence electrons. The van der Waals surface area contributed by atoms with E-state index in [-0.39, 0.29) is 0 Å². The number of benzene rings is 1. The monoisotopic (exact) mass is 322 g/mol. The van der Waals surface area contributed by atoms with Crippen molar-refractivity contribution in [2.75, 3.05) is 14.2 Å². The van der Waals surface area contributed by atoms with E-state index in [2.05, 4.69) is 37.3 Å². The highest BCUT2D eigenvalue weighted by atomic mass is 28.3. The van der Waals surface area contributed by atoms with Gasteiger partial charge in [-0.3, -0.25) is 0 Å². The van der Waals surface area contributed by atoms with Crippen LogP contribution < -0.4 is 0 Å². The molecule has 0 aliphatic rings. The van der Waals surface area contributed by atoms with Gasteiger partial charge in [0.2, 0.25) is 0 Å². The first-order chi connectivity index (χ1) is 10.8. The molecule has 0 aliphatic carbocycles. The molecule has 3 heteroatoms. The zero-order chi connectivity index (χ0) is 16.0. The minimum absolute atomic E-state index is 0.469. The van der Waals surface area contributed by atoms with Crippen LogP contribution in [0.15, 0.2) is 30.3 Å². The number of hydrogen-bond acceptors (Lipinski definition) is 2. The van der Waals surface area contributed by atoms with Gasteiger partial charge in [-0.05, 0) is 12.0 Å². The summed E-state index contributed by atoms with van der Waals surface area (Å²) in [5, 5.41) is 0. The molecule has 0 amide bonds. The summed E-state index contributed by atoms with van der Waals surface area (Å²) < 4.78 is 11.3. The predicted molar refractivity (Wildman–Crippen MR) is 97.6 cm³/mol. The van der Waals surface area contributed by atoms with Crippen LogP contribution >= 0.6 is 0 Å². The van der Waals surface area contributed by atoms with Crippen LogP contribution in [0.25, 0.3) is 0 Å². The van der Waals surface area contributed by atoms with Crippen molar-refractivity contribution in [1.82, 2.24) is 0 Å². The Kier molecular flexibility index (Phi) is 11.3. The lowest BCUT2D eigenvalue weighted by Gasteiger charge is -2.23. The second-order valence-electron chi connectivity index (χ2n) is 6.12. The van der Waals surface area contributed by atoms with Gasteiger partial charge in [-0.1, -0.05) is 88.6 Å². The first-order valence-corrected chi connectivity index (χ1v) is 10.5. The van der Waals surface area contributed by atoms with Crippen LogP contribution in [0, 0.1) is 0 Å². The fourth-order valence-corrected chi connectivity index (χ4v) is 4.98. The molecule has 1 aromatic rings. The van der Waals surface area contributed by atoms with Crippen molar-refractivity contribution in [3.05, 3.63) is 35.9 Å². The normalized spacial score (nSPS) is 12.7. The Morgan fingerprint density at radius 2 is 1.36 bits per heavy atom. The summed E-state index contributed by atoms with van der Waals surface area (Å²) in [7, 11) is 1.98. The van der Waals surface area contributed by atoms with Crippen molar-refractivity contribution in [2.24, 2.45) is 0 Å². The third-order valence-corrected chi connectivity index (χ3v) is 6.69. The van der Waals surface area contributed by atoms with Crippen molar-refractivity contribution in [3.8, 4) is 0 Å². The molecule has 22 heavy (non-hydrogen) atoms. The molecule has 0 radical (unpaired) electrons. The molecule has 0 saturated carbocycles. The topological polar surface area (TPSA) is 18.5 Å². The second kappa shape index (κ2) is 12.9. The van der Waals surface area contributed by atoms with Crippen LogP contribution in [0.1, 0.15) is 75.8 Å². The molecule has 0 fully saturated rings. The third kappa shape index (κ3) is 7.57. The van der Waals surface area contributed by atoms with E-state index in [0.29, 0.717) is 5.54 Å². The zero-order valence-corrected chi connectivity index (χ0v) is 15.9. The standard InChI is InChI=1S/C19H34O2Si/c1-4-5-6-7-8-9-10-14-17-19(22(20-2)21-3)18-15-12-11-13-16-18/h11-13,15-16,19,22H,4-10,14,17H2,1-3H3. The second-order valence-corrected chi connectivity index (χ2v) is 8.60. The van der Waals surface area contributed by atoms with Crippen LogP contribution in [0.5, 0.6) is 0 Å². The van der Waals surface area contributed by atoms with E-state index < -0.39 is 9.28 Å². The summed E-state index contributed by atoms with van der Waals surface area (Å²) in [4.78, 5) is 0. The minimum atomic E-state index is -1.61. The van der Waals surface area contributed by atoms with Crippen LogP contribution in [-0.2, 0) is 8.85 Å². The molecular formula is C19H34O2Si. The SMILES string of the molecule is CCCCCCCCCCC(c1ccccc1)[SiH](OC)OC. The fourth-order valence-electron chi connectivity index (χ4n) is 3.08. The van der Waals surface area contributed by atoms with Gasteiger partial charge in [0.05, 0.1) is 0 Å². The Hall–Kier alpha value is -0.643. The first-order valence-electron chi connectivity index (χ1n) is 8.94. The van der Waals surface area contributed by atoms with Gasteiger partial charge >= 0.3 is 9.28 Å². The predicted octanol–water partition coefficient (Wildman–Crippen LogP) is 5.35. The summed E-state index contributed by atoms with van der Waals surface area (Å²) in [5.41, 5.74) is 1.85. The average molecular weight is 323 g/mol. The average Bonchev–Trinajstić information content (AvgIpc) is 2.57. The van der Waals surface area contributed by atoms with Gasteiger partial charge in [0.1, 0.15) is 0 Å². The van der Waals surface area contributed by atoms with Crippen molar-refractivity contribution >= 4 is 9.28 Å². The Labute approximate surface area is 139 Å². The van der Waals surface area contributed by atoms with Crippen molar-refractivity contribution < 1.29 is 8.85 Å². The molecule has 0 N–H and O–H groups in total. The van der Waals surface area contributed by atoms with Crippen LogP contribution in [0.2, 0.25) is 0 Å². The van der Waals surface area contributed by atoms with Gasteiger partial charge in [0, 0.05) is 19.8 Å². The summed E-state index contributed by atoms with van der Waals surface area (Å²) in [5.74, 6) is 0. The largest absolute Gasteiger partial charge is 0.400 e. The van der Waals surface area contributed by atoms with E-state index in [9.17, 15) is 0 Å². The van der Waals surface area contributed by atoms with Crippen molar-refractivity contribution in [1.29, 1.82) is 0 Å². The van der Waals surface area contributed by atoms with Crippen LogP contribution in [0.3, 0.4) is 0 Å². The maximum absolute atomic E-state index is 5.66. The highest BCUT2D eigenvalue weighted by Gasteiger charge is 2.25. The Morgan fingerprint density at radius 1 is 0.818 bits per heavy atom. The van der Waals surface area contributed by atoms with Crippen molar-refractivity contribution in [2.45, 2.75) is 70.3 Å². The van der Waals surface area contributed by atoms with E-state index in [0.717, 1.165) is 0 Å². The molecule has 0 spiro atoms. The van der Waals surface area contributed by atoms with E-state index in [1.165, 1.54) is 63.4 Å². The zero-order valence-electron chi connectivity index (χ0n) is 14.7. The summed E-state index contributed by atoms with van der Waals surface area (Å²) in [6, 6.07) is 10.7. The molecule has 0 heterocycles. The van der Waals surface area contributed by atoms with Gasteiger partial charge in [0.15, 0.2) is 0 Å². The minimum Gasteiger partial charge on any atom is -0.400 e. The molecule has 1 aromatic carbocycles. The van der Waals surface area contributed by atoms with E-state index in [1.807, 2.05) is 0 Å². The molecule has 1 atom stereocenters. The highest BCUT2D eigenvalue weighted by molar-refractivity contribution is 6.46.